The number of nitrogens with zero attached hydrogens (tertiary/aromatic N) is 1. The van der Waals surface area contributed by atoms with Crippen molar-refractivity contribution < 1.29 is 22.7 Å². The standard InChI is InChI=1S/C25H37N3O5S/c1-3-21-25(30)27-20-14-17(2)23(15-22(20)33-21)34(31,32)28-13-9-10-18(16-28)24(29)26-19-11-7-5-4-6-8-12-19/h14-15,18-19,21H,3-13,16H2,1-2H3,(H,26,29)(H,27,30)/t18-,21+/m0/s1. The molecule has 1 aromatic carbocycles. The molecule has 0 radical (unpaired) electrons. The van der Waals surface area contributed by atoms with E-state index in [1.54, 1.807) is 13.0 Å². The van der Waals surface area contributed by atoms with Gasteiger partial charge in [0, 0.05) is 25.2 Å². The Kier molecular flexibility index (Phi) is 7.82. The van der Waals surface area contributed by atoms with Crippen LogP contribution in [0.3, 0.4) is 0 Å². The normalized spacial score (nSPS) is 24.8. The highest BCUT2D eigenvalue weighted by Crippen LogP contribution is 2.36. The Morgan fingerprint density at radius 3 is 2.53 bits per heavy atom. The van der Waals surface area contributed by atoms with Crippen LogP contribution in [0.5, 0.6) is 5.75 Å². The van der Waals surface area contributed by atoms with Gasteiger partial charge in [-0.25, -0.2) is 8.42 Å². The van der Waals surface area contributed by atoms with Crippen molar-refractivity contribution >= 4 is 27.5 Å². The molecule has 2 amide bonds. The molecule has 0 bridgehead atoms. The summed E-state index contributed by atoms with van der Waals surface area (Å²) >= 11 is 0. The van der Waals surface area contributed by atoms with Gasteiger partial charge in [0.15, 0.2) is 6.10 Å². The Hall–Kier alpha value is -2.13. The van der Waals surface area contributed by atoms with E-state index < -0.39 is 16.1 Å². The van der Waals surface area contributed by atoms with Crippen LogP contribution in [0.25, 0.3) is 0 Å². The minimum Gasteiger partial charge on any atom is -0.478 e. The molecule has 2 N–H and O–H groups in total. The maximum Gasteiger partial charge on any atom is 0.265 e. The number of ether oxygens (including phenoxy) is 1. The Balaban J connectivity index is 1.48. The lowest BCUT2D eigenvalue weighted by Crippen LogP contribution is -2.47. The largest absolute Gasteiger partial charge is 0.478 e. The quantitative estimate of drug-likeness (QED) is 0.653. The van der Waals surface area contributed by atoms with Gasteiger partial charge in [-0.05, 0) is 50.7 Å². The van der Waals surface area contributed by atoms with Gasteiger partial charge in [0.05, 0.1) is 16.5 Å². The molecule has 1 saturated heterocycles. The lowest BCUT2D eigenvalue weighted by Gasteiger charge is -2.33. The summed E-state index contributed by atoms with van der Waals surface area (Å²) in [4.78, 5) is 25.3. The molecule has 2 aliphatic heterocycles. The van der Waals surface area contributed by atoms with E-state index in [0.717, 1.165) is 25.7 Å². The number of nitrogens with one attached hydrogen (secondary N) is 2. The number of piperidine rings is 1. The average molecular weight is 492 g/mol. The first-order chi connectivity index (χ1) is 16.3. The highest BCUT2D eigenvalue weighted by molar-refractivity contribution is 7.89. The minimum atomic E-state index is -3.81. The molecule has 0 aromatic heterocycles. The monoisotopic (exact) mass is 491 g/mol. The van der Waals surface area contributed by atoms with E-state index in [2.05, 4.69) is 10.6 Å². The van der Waals surface area contributed by atoms with Crippen molar-refractivity contribution in [2.24, 2.45) is 5.92 Å². The van der Waals surface area contributed by atoms with Crippen molar-refractivity contribution in [3.63, 3.8) is 0 Å². The van der Waals surface area contributed by atoms with Crippen LogP contribution in [0.2, 0.25) is 0 Å². The van der Waals surface area contributed by atoms with Crippen LogP contribution in [-0.4, -0.2) is 49.8 Å². The van der Waals surface area contributed by atoms with E-state index in [1.807, 2.05) is 6.92 Å². The molecular formula is C25H37N3O5S. The number of anilines is 1. The first-order valence-electron chi connectivity index (χ1n) is 12.7. The van der Waals surface area contributed by atoms with Crippen LogP contribution in [-0.2, 0) is 19.6 Å². The molecule has 1 aromatic rings. The molecule has 2 heterocycles. The van der Waals surface area contributed by atoms with Crippen LogP contribution in [0, 0.1) is 12.8 Å². The topological polar surface area (TPSA) is 105 Å². The van der Waals surface area contributed by atoms with E-state index >= 15 is 0 Å². The van der Waals surface area contributed by atoms with Crippen LogP contribution in [0.4, 0.5) is 5.69 Å². The number of carbonyl (C=O) groups is 2. The van der Waals surface area contributed by atoms with E-state index in [9.17, 15) is 18.0 Å². The van der Waals surface area contributed by atoms with Gasteiger partial charge in [-0.15, -0.1) is 0 Å². The number of amides is 2. The molecule has 8 nitrogen and oxygen atoms in total. The summed E-state index contributed by atoms with van der Waals surface area (Å²) in [6.07, 6.45) is 9.18. The number of benzene rings is 1. The van der Waals surface area contributed by atoms with Crippen molar-refractivity contribution in [1.29, 1.82) is 0 Å². The predicted molar refractivity (Wildman–Crippen MR) is 130 cm³/mol. The number of aryl methyl sites for hydroxylation is 1. The summed E-state index contributed by atoms with van der Waals surface area (Å²) < 4.78 is 34.4. The Morgan fingerprint density at radius 2 is 1.82 bits per heavy atom. The summed E-state index contributed by atoms with van der Waals surface area (Å²) in [5.74, 6) is -0.221. The van der Waals surface area contributed by atoms with Gasteiger partial charge >= 0.3 is 0 Å². The molecule has 0 unspecified atom stereocenters. The molecule has 188 valence electrons. The smallest absolute Gasteiger partial charge is 0.265 e. The van der Waals surface area contributed by atoms with Gasteiger partial charge in [-0.3, -0.25) is 9.59 Å². The fourth-order valence-electron chi connectivity index (χ4n) is 5.26. The van der Waals surface area contributed by atoms with Crippen LogP contribution in [0.1, 0.15) is 76.7 Å². The van der Waals surface area contributed by atoms with Gasteiger partial charge in [0.2, 0.25) is 15.9 Å². The van der Waals surface area contributed by atoms with Crippen LogP contribution in [0.15, 0.2) is 17.0 Å². The van der Waals surface area contributed by atoms with Crippen LogP contribution < -0.4 is 15.4 Å². The second kappa shape index (κ2) is 10.6. The molecule has 2 fully saturated rings. The Bertz CT molecular complexity index is 1020. The summed E-state index contributed by atoms with van der Waals surface area (Å²) in [6.45, 7) is 4.14. The van der Waals surface area contributed by atoms with Crippen LogP contribution >= 0.6 is 0 Å². The predicted octanol–water partition coefficient (Wildman–Crippen LogP) is 3.73. The van der Waals surface area contributed by atoms with E-state index in [1.165, 1.54) is 29.6 Å². The Morgan fingerprint density at radius 1 is 1.12 bits per heavy atom. The third-order valence-corrected chi connectivity index (χ3v) is 9.30. The number of hydrogen-bond donors (Lipinski definition) is 2. The number of rotatable bonds is 5. The lowest BCUT2D eigenvalue weighted by atomic mass is 9.94. The zero-order chi connectivity index (χ0) is 24.3. The maximum absolute atomic E-state index is 13.6. The highest BCUT2D eigenvalue weighted by Gasteiger charge is 2.36. The summed E-state index contributed by atoms with van der Waals surface area (Å²) in [6, 6.07) is 3.36. The fraction of sp³-hybridized carbons (Fsp3) is 0.680. The van der Waals surface area contributed by atoms with Gasteiger partial charge in [-0.2, -0.15) is 4.31 Å². The molecule has 3 aliphatic rings. The third kappa shape index (κ3) is 5.40. The summed E-state index contributed by atoms with van der Waals surface area (Å²) in [5.41, 5.74) is 1.03. The third-order valence-electron chi connectivity index (χ3n) is 7.29. The van der Waals surface area contributed by atoms with Crippen molar-refractivity contribution in [2.45, 2.75) is 95.1 Å². The molecule has 9 heteroatoms. The number of hydrogen-bond acceptors (Lipinski definition) is 5. The lowest BCUT2D eigenvalue weighted by molar-refractivity contribution is -0.127. The summed E-state index contributed by atoms with van der Waals surface area (Å²) in [5, 5.41) is 6.02. The summed E-state index contributed by atoms with van der Waals surface area (Å²) in [7, 11) is -3.81. The molecule has 34 heavy (non-hydrogen) atoms. The van der Waals surface area contributed by atoms with E-state index in [0.29, 0.717) is 42.8 Å². The molecule has 1 saturated carbocycles. The van der Waals surface area contributed by atoms with Gasteiger partial charge in [-0.1, -0.05) is 39.0 Å². The second-order valence-electron chi connectivity index (χ2n) is 9.87. The average Bonchev–Trinajstić information content (AvgIpc) is 2.80. The molecule has 2 atom stereocenters. The zero-order valence-electron chi connectivity index (χ0n) is 20.3. The van der Waals surface area contributed by atoms with Crippen molar-refractivity contribution in [2.75, 3.05) is 18.4 Å². The molecule has 0 spiro atoms. The molecule has 1 aliphatic carbocycles. The SMILES string of the molecule is CC[C@H]1Oc2cc(S(=O)(=O)N3CCC[C@H](C(=O)NC4CCCCCCC4)C3)c(C)cc2NC1=O. The number of sulfonamides is 1. The molecule has 4 rings (SSSR count). The van der Waals surface area contributed by atoms with Crippen molar-refractivity contribution in [1.82, 2.24) is 9.62 Å². The first-order valence-corrected chi connectivity index (χ1v) is 14.2. The number of fused-ring (bicyclic) bond motifs is 1. The van der Waals surface area contributed by atoms with Crippen molar-refractivity contribution in [3.05, 3.63) is 17.7 Å². The molecular weight excluding hydrogens is 454 g/mol. The first kappa shape index (κ1) is 25.0. The zero-order valence-corrected chi connectivity index (χ0v) is 21.1. The Labute approximate surface area is 202 Å². The van der Waals surface area contributed by atoms with Gasteiger partial charge in [0.25, 0.3) is 5.91 Å². The highest BCUT2D eigenvalue weighted by atomic mass is 32.2. The number of carbonyl (C=O) groups excluding carboxylic acids is 2. The van der Waals surface area contributed by atoms with Gasteiger partial charge < -0.3 is 15.4 Å². The van der Waals surface area contributed by atoms with E-state index in [4.69, 9.17) is 4.74 Å². The van der Waals surface area contributed by atoms with Gasteiger partial charge in [0.1, 0.15) is 5.75 Å². The fourth-order valence-corrected chi connectivity index (χ4v) is 7.01. The second-order valence-corrected chi connectivity index (χ2v) is 11.8. The minimum absolute atomic E-state index is 0.0236. The maximum atomic E-state index is 13.6. The van der Waals surface area contributed by atoms with Crippen molar-refractivity contribution in [3.8, 4) is 5.75 Å². The van der Waals surface area contributed by atoms with E-state index in [-0.39, 0.29) is 35.2 Å².